The Balaban J connectivity index is 1.81. The molecule has 1 aliphatic heterocycles. The first-order valence-electron chi connectivity index (χ1n) is 8.39. The number of rotatable bonds is 2. The number of aryl methyl sites for hydroxylation is 2. The van der Waals surface area contributed by atoms with Crippen molar-refractivity contribution in [2.24, 2.45) is 0 Å². The summed E-state index contributed by atoms with van der Waals surface area (Å²) in [6.07, 6.45) is 1.72. The van der Waals surface area contributed by atoms with Gasteiger partial charge in [-0.2, -0.15) is 0 Å². The molecule has 0 radical (unpaired) electrons. The van der Waals surface area contributed by atoms with Gasteiger partial charge in [-0.25, -0.2) is 4.79 Å². The van der Waals surface area contributed by atoms with Gasteiger partial charge in [0.05, 0.1) is 22.5 Å². The van der Waals surface area contributed by atoms with Gasteiger partial charge >= 0.3 is 5.69 Å². The zero-order valence-electron chi connectivity index (χ0n) is 14.3. The summed E-state index contributed by atoms with van der Waals surface area (Å²) in [4.78, 5) is 20.0. The maximum absolute atomic E-state index is 12.7. The summed E-state index contributed by atoms with van der Waals surface area (Å²) in [5.74, 6) is 1.39. The van der Waals surface area contributed by atoms with E-state index in [0.717, 1.165) is 39.3 Å². The van der Waals surface area contributed by atoms with Gasteiger partial charge in [-0.1, -0.05) is 11.2 Å². The second-order valence-electron chi connectivity index (χ2n) is 6.42. The Kier molecular flexibility index (Phi) is 3.06. The summed E-state index contributed by atoms with van der Waals surface area (Å²) in [5, 5.41) is 4.04. The first-order valence-corrected chi connectivity index (χ1v) is 8.39. The van der Waals surface area contributed by atoms with Crippen LogP contribution < -0.4 is 10.4 Å². The summed E-state index contributed by atoms with van der Waals surface area (Å²) >= 11 is 0. The molecule has 0 aliphatic carbocycles. The average molecular weight is 348 g/mol. The third-order valence-corrected chi connectivity index (χ3v) is 4.86. The van der Waals surface area contributed by atoms with Crippen LogP contribution in [0.25, 0.3) is 22.2 Å². The summed E-state index contributed by atoms with van der Waals surface area (Å²) in [6.45, 7) is 4.10. The molecule has 0 saturated heterocycles. The molecule has 1 aromatic carbocycles. The number of H-pyrrole nitrogens is 1. The zero-order chi connectivity index (χ0) is 17.8. The molecule has 0 bridgehead atoms. The van der Waals surface area contributed by atoms with Crippen LogP contribution >= 0.6 is 0 Å². The van der Waals surface area contributed by atoms with Crippen molar-refractivity contribution in [2.75, 3.05) is 6.61 Å². The number of nitrogens with one attached hydrogen (secondary N) is 1. The lowest BCUT2D eigenvalue weighted by Crippen LogP contribution is -2.31. The lowest BCUT2D eigenvalue weighted by molar-refractivity contribution is 0.255. The van der Waals surface area contributed by atoms with E-state index in [9.17, 15) is 4.79 Å². The standard InChI is InChI=1S/C19H16N4O3/c1-10-16(11(2)26-22-10)12-6-7-14-17-18(12)25-9-15(23(17)19(24)21-14)13-5-3-4-8-20-13/h3-8,15H,9H2,1-2H3,(H,21,24)/t15-/m1/s1. The van der Waals surface area contributed by atoms with Crippen molar-refractivity contribution in [1.29, 1.82) is 0 Å². The van der Waals surface area contributed by atoms with Crippen molar-refractivity contribution in [3.63, 3.8) is 0 Å². The van der Waals surface area contributed by atoms with Gasteiger partial charge in [-0.05, 0) is 38.1 Å². The number of nitrogens with zero attached hydrogens (tertiary/aromatic N) is 3. The van der Waals surface area contributed by atoms with Gasteiger partial charge in [-0.15, -0.1) is 0 Å². The van der Waals surface area contributed by atoms with Crippen LogP contribution in [-0.2, 0) is 0 Å². The third-order valence-electron chi connectivity index (χ3n) is 4.86. The molecule has 0 saturated carbocycles. The van der Waals surface area contributed by atoms with E-state index in [4.69, 9.17) is 9.26 Å². The zero-order valence-corrected chi connectivity index (χ0v) is 14.3. The molecule has 1 atom stereocenters. The highest BCUT2D eigenvalue weighted by Crippen LogP contribution is 2.42. The van der Waals surface area contributed by atoms with E-state index in [-0.39, 0.29) is 11.7 Å². The van der Waals surface area contributed by atoms with Crippen LogP contribution in [0.3, 0.4) is 0 Å². The van der Waals surface area contributed by atoms with Crippen LogP contribution in [0.1, 0.15) is 23.2 Å². The molecule has 0 fully saturated rings. The number of pyridine rings is 1. The van der Waals surface area contributed by atoms with Gasteiger partial charge < -0.3 is 14.2 Å². The smallest absolute Gasteiger partial charge is 0.327 e. The van der Waals surface area contributed by atoms with Crippen molar-refractivity contribution < 1.29 is 9.26 Å². The van der Waals surface area contributed by atoms with Crippen molar-refractivity contribution in [3.8, 4) is 16.9 Å². The normalized spacial score (nSPS) is 16.0. The first kappa shape index (κ1) is 14.9. The highest BCUT2D eigenvalue weighted by molar-refractivity contribution is 5.92. The van der Waals surface area contributed by atoms with Crippen molar-refractivity contribution >= 4 is 11.0 Å². The molecule has 0 spiro atoms. The van der Waals surface area contributed by atoms with E-state index < -0.39 is 0 Å². The molecular formula is C19H16N4O3. The molecule has 0 amide bonds. The topological polar surface area (TPSA) is 85.9 Å². The number of imidazole rings is 1. The fourth-order valence-electron chi connectivity index (χ4n) is 3.72. The fraction of sp³-hybridized carbons (Fsp3) is 0.211. The van der Waals surface area contributed by atoms with Crippen LogP contribution in [-0.4, -0.2) is 26.3 Å². The van der Waals surface area contributed by atoms with Crippen molar-refractivity contribution in [1.82, 2.24) is 19.7 Å². The maximum atomic E-state index is 12.7. The first-order chi connectivity index (χ1) is 12.6. The second kappa shape index (κ2) is 5.32. The highest BCUT2D eigenvalue weighted by atomic mass is 16.5. The SMILES string of the molecule is Cc1noc(C)c1-c1ccc2[nH]c(=O)n3c2c1OC[C@@H]3c1ccccn1. The number of benzene rings is 1. The Morgan fingerprint density at radius 1 is 1.23 bits per heavy atom. The Bertz CT molecular complexity index is 1170. The maximum Gasteiger partial charge on any atom is 0.327 e. The molecule has 5 rings (SSSR count). The average Bonchev–Trinajstić information content (AvgIpc) is 3.17. The van der Waals surface area contributed by atoms with E-state index in [1.807, 2.05) is 44.2 Å². The minimum atomic E-state index is -0.273. The summed E-state index contributed by atoms with van der Waals surface area (Å²) < 4.78 is 13.2. The third kappa shape index (κ3) is 1.97. The predicted octanol–water partition coefficient (Wildman–Crippen LogP) is 2.98. The molecule has 130 valence electrons. The van der Waals surface area contributed by atoms with Gasteiger partial charge in [0.2, 0.25) is 0 Å². The van der Waals surface area contributed by atoms with Crippen LogP contribution in [0, 0.1) is 13.8 Å². The van der Waals surface area contributed by atoms with Crippen LogP contribution in [0.2, 0.25) is 0 Å². The monoisotopic (exact) mass is 348 g/mol. The highest BCUT2D eigenvalue weighted by Gasteiger charge is 2.30. The van der Waals surface area contributed by atoms with Gasteiger partial charge in [0.25, 0.3) is 0 Å². The largest absolute Gasteiger partial charge is 0.488 e. The molecule has 4 heterocycles. The van der Waals surface area contributed by atoms with E-state index >= 15 is 0 Å². The quantitative estimate of drug-likeness (QED) is 0.602. The molecule has 0 unspecified atom stereocenters. The summed E-state index contributed by atoms with van der Waals surface area (Å²) in [7, 11) is 0. The summed E-state index contributed by atoms with van der Waals surface area (Å²) in [5.41, 5.74) is 4.67. The summed E-state index contributed by atoms with van der Waals surface area (Å²) in [6, 6.07) is 9.22. The minimum Gasteiger partial charge on any atom is -0.488 e. The van der Waals surface area contributed by atoms with Gasteiger partial charge in [0.1, 0.15) is 23.9 Å². The van der Waals surface area contributed by atoms with Crippen LogP contribution in [0.4, 0.5) is 0 Å². The number of hydrogen-bond acceptors (Lipinski definition) is 5. The van der Waals surface area contributed by atoms with Gasteiger partial charge in [0.15, 0.2) is 5.75 Å². The van der Waals surface area contributed by atoms with E-state index in [0.29, 0.717) is 12.4 Å². The lowest BCUT2D eigenvalue weighted by atomic mass is 10.0. The molecular weight excluding hydrogens is 332 g/mol. The number of aromatic amines is 1. The molecule has 26 heavy (non-hydrogen) atoms. The van der Waals surface area contributed by atoms with Gasteiger partial charge in [-0.3, -0.25) is 9.55 Å². The molecule has 7 heteroatoms. The number of aromatic nitrogens is 4. The molecule has 3 aromatic heterocycles. The predicted molar refractivity (Wildman–Crippen MR) is 95.4 cm³/mol. The second-order valence-corrected chi connectivity index (χ2v) is 6.42. The van der Waals surface area contributed by atoms with Crippen molar-refractivity contribution in [2.45, 2.75) is 19.9 Å². The lowest BCUT2D eigenvalue weighted by Gasteiger charge is -2.26. The fourth-order valence-corrected chi connectivity index (χ4v) is 3.72. The van der Waals surface area contributed by atoms with Gasteiger partial charge in [0, 0.05) is 11.8 Å². The van der Waals surface area contributed by atoms with E-state index in [2.05, 4.69) is 15.1 Å². The molecule has 1 N–H and O–H groups in total. The Morgan fingerprint density at radius 3 is 2.85 bits per heavy atom. The van der Waals surface area contributed by atoms with Crippen molar-refractivity contribution in [3.05, 3.63) is 64.2 Å². The molecule has 1 aliphatic rings. The van der Waals surface area contributed by atoms with E-state index in [1.165, 1.54) is 0 Å². The molecule has 7 nitrogen and oxygen atoms in total. The van der Waals surface area contributed by atoms with E-state index in [1.54, 1.807) is 10.8 Å². The number of hydrogen-bond donors (Lipinski definition) is 1. The Hall–Kier alpha value is -3.35. The molecule has 4 aromatic rings. The van der Waals surface area contributed by atoms with Crippen LogP contribution in [0.5, 0.6) is 5.75 Å². The van der Waals surface area contributed by atoms with Crippen LogP contribution in [0.15, 0.2) is 45.8 Å². The Labute approximate surface area is 148 Å². The number of ether oxygens (including phenoxy) is 1. The Morgan fingerprint density at radius 2 is 2.12 bits per heavy atom. The minimum absolute atomic E-state index is 0.170.